The SMILES string of the molecule is CO[C@H]1[C@@H](O)[C@@H](COP(=O)(O)OP(=O)(O)OP(=O)(O)O)O[C@H]1n1cnc2c(=O)[nH]c(N)nc21. The molecule has 3 rings (SSSR count). The number of ether oxygens (including phenoxy) is 2. The summed E-state index contributed by atoms with van der Waals surface area (Å²) in [6, 6.07) is 0. The van der Waals surface area contributed by atoms with Gasteiger partial charge < -0.3 is 39.9 Å². The van der Waals surface area contributed by atoms with Crippen LogP contribution in [0, 0.1) is 0 Å². The van der Waals surface area contributed by atoms with Crippen LogP contribution in [-0.4, -0.2) is 76.2 Å². The second-order valence-corrected chi connectivity index (χ2v) is 10.8. The number of nitrogens with zero attached hydrogens (tertiary/aromatic N) is 3. The third-order valence-corrected chi connectivity index (χ3v) is 7.93. The van der Waals surface area contributed by atoms with Crippen LogP contribution in [0.1, 0.15) is 6.23 Å². The standard InChI is InChI=1S/C11H18N5O14P3/c1-26-7-6(17)4(2-27-32(22,23)30-33(24,25)29-31(19,20)21)28-10(7)16-3-13-5-8(16)14-11(12)15-9(5)18/h3-4,6-7,10,17H,2H2,1H3,(H,22,23)(H,24,25)(H2,19,20,21)(H3,12,14,15,18)/t4-,6+,7+,10-/m1/s1. The van der Waals surface area contributed by atoms with Gasteiger partial charge in [0.15, 0.2) is 17.4 Å². The zero-order valence-corrected chi connectivity index (χ0v) is 18.9. The highest BCUT2D eigenvalue weighted by Gasteiger charge is 2.48. The van der Waals surface area contributed by atoms with Gasteiger partial charge in [0.2, 0.25) is 5.95 Å². The molecular formula is C11H18N5O14P3. The van der Waals surface area contributed by atoms with E-state index in [1.54, 1.807) is 0 Å². The minimum absolute atomic E-state index is 0.0240. The van der Waals surface area contributed by atoms with Crippen molar-refractivity contribution in [2.45, 2.75) is 24.5 Å². The van der Waals surface area contributed by atoms with E-state index < -0.39 is 60.2 Å². The van der Waals surface area contributed by atoms with Crippen molar-refractivity contribution in [1.82, 2.24) is 19.5 Å². The molecule has 1 saturated heterocycles. The molecule has 0 saturated carbocycles. The normalized spacial score (nSPS) is 27.5. The highest BCUT2D eigenvalue weighted by molar-refractivity contribution is 7.66. The number of aliphatic hydroxyl groups is 1. The third kappa shape index (κ3) is 6.12. The summed E-state index contributed by atoms with van der Waals surface area (Å²) in [5, 5.41) is 10.5. The van der Waals surface area contributed by atoms with Crippen LogP contribution in [0.3, 0.4) is 0 Å². The van der Waals surface area contributed by atoms with Crippen LogP contribution in [0.15, 0.2) is 11.1 Å². The summed E-state index contributed by atoms with van der Waals surface area (Å²) in [6.07, 6.45) is -4.08. The van der Waals surface area contributed by atoms with Crippen LogP contribution in [0.4, 0.5) is 5.95 Å². The molecule has 2 aromatic rings. The van der Waals surface area contributed by atoms with Gasteiger partial charge in [-0.2, -0.15) is 13.6 Å². The van der Waals surface area contributed by atoms with Gasteiger partial charge in [-0.15, -0.1) is 0 Å². The number of hydrogen-bond donors (Lipinski definition) is 7. The summed E-state index contributed by atoms with van der Waals surface area (Å²) < 4.78 is 57.6. The van der Waals surface area contributed by atoms with Crippen molar-refractivity contribution in [3.63, 3.8) is 0 Å². The summed E-state index contributed by atoms with van der Waals surface area (Å²) in [5.74, 6) is -0.231. The van der Waals surface area contributed by atoms with Crippen molar-refractivity contribution in [2.24, 2.45) is 0 Å². The van der Waals surface area contributed by atoms with Gasteiger partial charge >= 0.3 is 23.5 Å². The van der Waals surface area contributed by atoms with Gasteiger partial charge in [0.1, 0.15) is 18.3 Å². The number of phosphoric ester groups is 1. The molecular weight excluding hydrogens is 519 g/mol. The summed E-state index contributed by atoms with van der Waals surface area (Å²) >= 11 is 0. The Morgan fingerprint density at radius 1 is 1.21 bits per heavy atom. The van der Waals surface area contributed by atoms with Crippen LogP contribution in [-0.2, 0) is 36.3 Å². The topological polar surface area (TPSA) is 288 Å². The molecule has 0 bridgehead atoms. The number of aromatic amines is 1. The number of nitrogen functional groups attached to an aromatic ring is 1. The Bertz CT molecular complexity index is 1230. The molecule has 2 aromatic heterocycles. The van der Waals surface area contributed by atoms with Gasteiger partial charge in [-0.3, -0.25) is 18.9 Å². The van der Waals surface area contributed by atoms with Crippen molar-refractivity contribution in [3.05, 3.63) is 16.7 Å². The number of hydrogen-bond acceptors (Lipinski definition) is 13. The number of nitrogens with one attached hydrogen (secondary N) is 1. The molecule has 8 N–H and O–H groups in total. The van der Waals surface area contributed by atoms with Crippen LogP contribution >= 0.6 is 23.5 Å². The quantitative estimate of drug-likeness (QED) is 0.176. The molecule has 0 aromatic carbocycles. The van der Waals surface area contributed by atoms with Gasteiger partial charge in [-0.05, 0) is 0 Å². The fourth-order valence-corrected chi connectivity index (χ4v) is 5.96. The average molecular weight is 537 g/mol. The Kier molecular flexibility index (Phi) is 7.29. The number of imidazole rings is 1. The largest absolute Gasteiger partial charge is 0.490 e. The fourth-order valence-electron chi connectivity index (χ4n) is 2.94. The first-order chi connectivity index (χ1) is 15.1. The minimum Gasteiger partial charge on any atom is -0.387 e. The van der Waals surface area contributed by atoms with Crippen molar-refractivity contribution in [2.75, 3.05) is 19.5 Å². The number of fused-ring (bicyclic) bond motifs is 1. The van der Waals surface area contributed by atoms with Crippen molar-refractivity contribution in [1.29, 1.82) is 0 Å². The second-order valence-electron chi connectivity index (χ2n) is 6.42. The molecule has 19 nitrogen and oxygen atoms in total. The lowest BCUT2D eigenvalue weighted by atomic mass is 10.1. The molecule has 3 heterocycles. The number of rotatable bonds is 9. The van der Waals surface area contributed by atoms with E-state index in [-0.39, 0.29) is 17.1 Å². The Labute approximate surface area is 182 Å². The van der Waals surface area contributed by atoms with Crippen molar-refractivity contribution < 1.29 is 61.0 Å². The van der Waals surface area contributed by atoms with E-state index in [1.165, 1.54) is 11.7 Å². The lowest BCUT2D eigenvalue weighted by Crippen LogP contribution is -2.35. The van der Waals surface area contributed by atoms with Crippen LogP contribution in [0.2, 0.25) is 0 Å². The van der Waals surface area contributed by atoms with Crippen LogP contribution in [0.5, 0.6) is 0 Å². The number of methoxy groups -OCH3 is 1. The monoisotopic (exact) mass is 537 g/mol. The molecule has 0 radical (unpaired) electrons. The highest BCUT2D eigenvalue weighted by Crippen LogP contribution is 2.66. The van der Waals surface area contributed by atoms with Crippen molar-refractivity contribution in [3.8, 4) is 0 Å². The molecule has 1 aliphatic heterocycles. The summed E-state index contributed by atoms with van der Waals surface area (Å²) in [7, 11) is -15.5. The van der Waals surface area contributed by atoms with E-state index in [0.717, 1.165) is 6.33 Å². The number of anilines is 1. The summed E-state index contributed by atoms with van der Waals surface area (Å²) in [6.45, 7) is -0.927. The van der Waals surface area contributed by atoms with E-state index in [2.05, 4.69) is 28.1 Å². The Hall–Kier alpha value is -1.56. The summed E-state index contributed by atoms with van der Waals surface area (Å²) in [5.41, 5.74) is 4.76. The Balaban J connectivity index is 1.76. The van der Waals surface area contributed by atoms with Gasteiger partial charge in [0.25, 0.3) is 5.56 Å². The lowest BCUT2D eigenvalue weighted by Gasteiger charge is -2.19. The molecule has 186 valence electrons. The van der Waals surface area contributed by atoms with Crippen LogP contribution < -0.4 is 11.3 Å². The van der Waals surface area contributed by atoms with E-state index in [4.69, 9.17) is 25.0 Å². The Morgan fingerprint density at radius 3 is 2.48 bits per heavy atom. The number of phosphoric acid groups is 3. The van der Waals surface area contributed by atoms with Gasteiger partial charge in [0, 0.05) is 7.11 Å². The summed E-state index contributed by atoms with van der Waals surface area (Å²) in [4.78, 5) is 57.8. The average Bonchev–Trinajstić information content (AvgIpc) is 3.17. The smallest absolute Gasteiger partial charge is 0.387 e. The molecule has 6 atom stereocenters. The predicted molar refractivity (Wildman–Crippen MR) is 103 cm³/mol. The minimum atomic E-state index is -5.71. The molecule has 0 aliphatic carbocycles. The van der Waals surface area contributed by atoms with E-state index in [1.807, 2.05) is 0 Å². The fraction of sp³-hybridized carbons (Fsp3) is 0.545. The molecule has 0 amide bonds. The maximum Gasteiger partial charge on any atom is 0.490 e. The van der Waals surface area contributed by atoms with Gasteiger partial charge in [-0.1, -0.05) is 0 Å². The molecule has 1 aliphatic rings. The maximum atomic E-state index is 12.0. The van der Waals surface area contributed by atoms with E-state index in [0.29, 0.717) is 0 Å². The zero-order valence-electron chi connectivity index (χ0n) is 16.3. The molecule has 33 heavy (non-hydrogen) atoms. The Morgan fingerprint density at radius 2 is 1.88 bits per heavy atom. The molecule has 2 unspecified atom stereocenters. The van der Waals surface area contributed by atoms with Gasteiger partial charge in [0.05, 0.1) is 12.9 Å². The first-order valence-electron chi connectivity index (χ1n) is 8.49. The number of nitrogens with two attached hydrogens (primary N) is 1. The molecule has 1 fully saturated rings. The van der Waals surface area contributed by atoms with Gasteiger partial charge in [-0.25, -0.2) is 18.7 Å². The number of aromatic nitrogens is 4. The first kappa shape index (κ1) is 26.1. The van der Waals surface area contributed by atoms with Crippen molar-refractivity contribution >= 4 is 40.6 Å². The first-order valence-corrected chi connectivity index (χ1v) is 13.0. The number of aliphatic hydroxyl groups excluding tert-OH is 1. The molecule has 0 spiro atoms. The highest BCUT2D eigenvalue weighted by atomic mass is 31.3. The second kappa shape index (κ2) is 9.24. The van der Waals surface area contributed by atoms with Crippen LogP contribution in [0.25, 0.3) is 11.2 Å². The third-order valence-electron chi connectivity index (χ3n) is 4.13. The van der Waals surface area contributed by atoms with E-state index >= 15 is 0 Å². The predicted octanol–water partition coefficient (Wildman–Crippen LogP) is -1.68. The zero-order chi connectivity index (χ0) is 24.8. The molecule has 22 heteroatoms. The lowest BCUT2D eigenvalue weighted by molar-refractivity contribution is -0.0577. The number of H-pyrrole nitrogens is 1. The maximum absolute atomic E-state index is 12.0. The van der Waals surface area contributed by atoms with E-state index in [9.17, 15) is 33.4 Å².